The van der Waals surface area contributed by atoms with Crippen LogP contribution in [0.1, 0.15) is 41.9 Å². The molecule has 0 aliphatic carbocycles. The number of nitrogens with one attached hydrogen (secondary N) is 1. The number of benzene rings is 2. The molecule has 1 aromatic heterocycles. The number of carbonyl (C=O) groups is 2. The number of sulfonamides is 1. The first-order valence-corrected chi connectivity index (χ1v) is 11.8. The largest absolute Gasteiger partial charge is 0.452 e. The Morgan fingerprint density at radius 3 is 2.38 bits per heavy atom. The molecule has 0 bridgehead atoms. The van der Waals surface area contributed by atoms with Crippen molar-refractivity contribution < 1.29 is 22.7 Å². The summed E-state index contributed by atoms with van der Waals surface area (Å²) in [7, 11) is -3.82. The number of anilines is 1. The zero-order valence-electron chi connectivity index (χ0n) is 17.9. The number of aromatic nitrogens is 1. The van der Waals surface area contributed by atoms with Crippen LogP contribution in [0, 0.1) is 0 Å². The fraction of sp³-hybridized carbons (Fsp3) is 0.261. The maximum atomic E-state index is 13.0. The summed E-state index contributed by atoms with van der Waals surface area (Å²) in [4.78, 5) is 29.9. The normalized spacial score (nSPS) is 11.3. The number of rotatable bonds is 8. The van der Waals surface area contributed by atoms with Crippen LogP contribution in [0.3, 0.4) is 0 Å². The van der Waals surface area contributed by atoms with Gasteiger partial charge in [-0.05, 0) is 48.7 Å². The lowest BCUT2D eigenvalue weighted by atomic mass is 9.96. The zero-order chi connectivity index (χ0) is 23.3. The second-order valence-electron chi connectivity index (χ2n) is 7.23. The SMILES string of the molecule is CCCc1nc2ccccc2c(C(=O)OCC(=O)Nc2ccc(S(N)(=O)=O)cc2)c1CC. The molecule has 1 heterocycles. The van der Waals surface area contributed by atoms with Crippen molar-refractivity contribution in [2.45, 2.75) is 38.0 Å². The van der Waals surface area contributed by atoms with E-state index in [1.54, 1.807) is 0 Å². The Morgan fingerprint density at radius 2 is 1.75 bits per heavy atom. The number of nitrogens with two attached hydrogens (primary N) is 1. The first kappa shape index (κ1) is 23.4. The van der Waals surface area contributed by atoms with E-state index in [1.165, 1.54) is 24.3 Å². The van der Waals surface area contributed by atoms with Crippen LogP contribution in [0.5, 0.6) is 0 Å². The van der Waals surface area contributed by atoms with Crippen molar-refractivity contribution in [1.29, 1.82) is 0 Å². The Balaban J connectivity index is 1.77. The molecule has 0 aliphatic rings. The number of ether oxygens (including phenoxy) is 1. The van der Waals surface area contributed by atoms with E-state index in [0.29, 0.717) is 28.6 Å². The molecule has 0 saturated heterocycles. The summed E-state index contributed by atoms with van der Waals surface area (Å²) in [5, 5.41) is 8.31. The standard InChI is InChI=1S/C23H25N3O5S/c1-3-7-19-17(4-2)22(18-8-5-6-9-20(18)26-19)23(28)31-14-21(27)25-15-10-12-16(13-11-15)32(24,29)30/h5-6,8-13H,3-4,7,14H2,1-2H3,(H,25,27)(H2,24,29,30). The number of hydrogen-bond donors (Lipinski definition) is 2. The molecule has 168 valence electrons. The van der Waals surface area contributed by atoms with Crippen molar-refractivity contribution in [1.82, 2.24) is 4.98 Å². The summed E-state index contributed by atoms with van der Waals surface area (Å²) in [6.07, 6.45) is 2.24. The predicted octanol–water partition coefficient (Wildman–Crippen LogP) is 3.19. The summed E-state index contributed by atoms with van der Waals surface area (Å²) >= 11 is 0. The highest BCUT2D eigenvalue weighted by Gasteiger charge is 2.21. The van der Waals surface area contributed by atoms with Crippen LogP contribution in [0.2, 0.25) is 0 Å². The molecule has 0 unspecified atom stereocenters. The minimum absolute atomic E-state index is 0.0681. The van der Waals surface area contributed by atoms with E-state index in [9.17, 15) is 18.0 Å². The zero-order valence-corrected chi connectivity index (χ0v) is 18.7. The smallest absolute Gasteiger partial charge is 0.339 e. The van der Waals surface area contributed by atoms with Crippen LogP contribution in [-0.2, 0) is 32.4 Å². The van der Waals surface area contributed by atoms with Gasteiger partial charge in [-0.25, -0.2) is 18.4 Å². The highest BCUT2D eigenvalue weighted by molar-refractivity contribution is 7.89. The number of nitrogens with zero attached hydrogens (tertiary/aromatic N) is 1. The molecular weight excluding hydrogens is 430 g/mol. The van der Waals surface area contributed by atoms with Crippen LogP contribution >= 0.6 is 0 Å². The summed E-state index contributed by atoms with van der Waals surface area (Å²) in [5.41, 5.74) is 3.19. The second-order valence-corrected chi connectivity index (χ2v) is 8.79. The van der Waals surface area contributed by atoms with Crippen LogP contribution in [0.4, 0.5) is 5.69 Å². The van der Waals surface area contributed by atoms with Gasteiger partial charge in [0.2, 0.25) is 10.0 Å². The third-order valence-corrected chi connectivity index (χ3v) is 5.85. The minimum Gasteiger partial charge on any atom is -0.452 e. The number of carbonyl (C=O) groups excluding carboxylic acids is 2. The quantitative estimate of drug-likeness (QED) is 0.502. The predicted molar refractivity (Wildman–Crippen MR) is 122 cm³/mol. The molecule has 0 radical (unpaired) electrons. The number of aryl methyl sites for hydroxylation is 1. The molecule has 0 aliphatic heterocycles. The number of hydrogen-bond acceptors (Lipinski definition) is 6. The number of fused-ring (bicyclic) bond motifs is 1. The number of primary sulfonamides is 1. The minimum atomic E-state index is -3.82. The molecule has 3 N–H and O–H groups in total. The number of pyridine rings is 1. The van der Waals surface area contributed by atoms with E-state index >= 15 is 0 Å². The van der Waals surface area contributed by atoms with Crippen molar-refractivity contribution in [3.63, 3.8) is 0 Å². The Bertz CT molecular complexity index is 1250. The molecule has 0 spiro atoms. The van der Waals surface area contributed by atoms with Crippen LogP contribution in [0.25, 0.3) is 10.9 Å². The number of amides is 1. The van der Waals surface area contributed by atoms with Crippen LogP contribution in [-0.4, -0.2) is 31.9 Å². The highest BCUT2D eigenvalue weighted by Crippen LogP contribution is 2.26. The molecule has 2 aromatic carbocycles. The van der Waals surface area contributed by atoms with E-state index < -0.39 is 28.5 Å². The van der Waals surface area contributed by atoms with Crippen molar-refractivity contribution in [3.8, 4) is 0 Å². The van der Waals surface area contributed by atoms with E-state index in [2.05, 4.69) is 5.32 Å². The molecule has 1 amide bonds. The van der Waals surface area contributed by atoms with Crippen LogP contribution < -0.4 is 10.5 Å². The molecule has 0 saturated carbocycles. The van der Waals surface area contributed by atoms with Crippen molar-refractivity contribution in [3.05, 3.63) is 65.4 Å². The molecular formula is C23H25N3O5S. The number of para-hydroxylation sites is 1. The molecule has 3 rings (SSSR count). The maximum Gasteiger partial charge on any atom is 0.339 e. The third kappa shape index (κ3) is 5.30. The summed E-state index contributed by atoms with van der Waals surface area (Å²) in [6, 6.07) is 12.7. The first-order valence-electron chi connectivity index (χ1n) is 10.2. The molecule has 9 heteroatoms. The van der Waals surface area contributed by atoms with Crippen LogP contribution in [0.15, 0.2) is 53.4 Å². The maximum absolute atomic E-state index is 13.0. The molecule has 32 heavy (non-hydrogen) atoms. The monoisotopic (exact) mass is 455 g/mol. The van der Waals surface area contributed by atoms with Gasteiger partial charge in [0.05, 0.1) is 16.0 Å². The van der Waals surface area contributed by atoms with Gasteiger partial charge in [0, 0.05) is 16.8 Å². The van der Waals surface area contributed by atoms with E-state index in [0.717, 1.165) is 24.1 Å². The second kappa shape index (κ2) is 9.88. The van der Waals surface area contributed by atoms with E-state index in [4.69, 9.17) is 14.9 Å². The Labute approximate surface area is 186 Å². The van der Waals surface area contributed by atoms with E-state index in [-0.39, 0.29) is 4.90 Å². The first-order chi connectivity index (χ1) is 15.2. The Hall–Kier alpha value is -3.30. The average molecular weight is 456 g/mol. The van der Waals surface area contributed by atoms with Gasteiger partial charge in [-0.15, -0.1) is 0 Å². The topological polar surface area (TPSA) is 128 Å². The van der Waals surface area contributed by atoms with Gasteiger partial charge >= 0.3 is 5.97 Å². The van der Waals surface area contributed by atoms with Crippen molar-refractivity contribution in [2.75, 3.05) is 11.9 Å². The lowest BCUT2D eigenvalue weighted by Gasteiger charge is -2.15. The number of esters is 1. The highest BCUT2D eigenvalue weighted by atomic mass is 32.2. The van der Waals surface area contributed by atoms with Crippen molar-refractivity contribution in [2.24, 2.45) is 5.14 Å². The van der Waals surface area contributed by atoms with Gasteiger partial charge in [0.1, 0.15) is 0 Å². The van der Waals surface area contributed by atoms with Gasteiger partial charge < -0.3 is 10.1 Å². The van der Waals surface area contributed by atoms with Gasteiger partial charge in [0.25, 0.3) is 5.91 Å². The Kier molecular flexibility index (Phi) is 7.22. The fourth-order valence-corrected chi connectivity index (χ4v) is 4.00. The van der Waals surface area contributed by atoms with Gasteiger partial charge in [-0.3, -0.25) is 9.78 Å². The van der Waals surface area contributed by atoms with Gasteiger partial charge in [-0.2, -0.15) is 0 Å². The lowest BCUT2D eigenvalue weighted by molar-refractivity contribution is -0.119. The summed E-state index contributed by atoms with van der Waals surface area (Å²) < 4.78 is 28.0. The summed E-state index contributed by atoms with van der Waals surface area (Å²) in [6.45, 7) is 3.52. The molecule has 0 fully saturated rings. The molecule has 0 atom stereocenters. The lowest BCUT2D eigenvalue weighted by Crippen LogP contribution is -2.22. The van der Waals surface area contributed by atoms with Gasteiger partial charge in [-0.1, -0.05) is 38.5 Å². The van der Waals surface area contributed by atoms with Crippen molar-refractivity contribution >= 4 is 38.5 Å². The third-order valence-electron chi connectivity index (χ3n) is 4.92. The summed E-state index contributed by atoms with van der Waals surface area (Å²) in [5.74, 6) is -1.13. The Morgan fingerprint density at radius 1 is 1.06 bits per heavy atom. The average Bonchev–Trinajstić information content (AvgIpc) is 2.76. The van der Waals surface area contributed by atoms with Gasteiger partial charge in [0.15, 0.2) is 6.61 Å². The van der Waals surface area contributed by atoms with E-state index in [1.807, 2.05) is 38.1 Å². The molecule has 3 aromatic rings. The fourth-order valence-electron chi connectivity index (χ4n) is 3.49. The molecule has 8 nitrogen and oxygen atoms in total.